The Morgan fingerprint density at radius 3 is 2.35 bits per heavy atom. The molecule has 1 aliphatic carbocycles. The van der Waals surface area contributed by atoms with Crippen molar-refractivity contribution in [1.29, 1.82) is 0 Å². The minimum Gasteiger partial charge on any atom is -0.314 e. The third kappa shape index (κ3) is 3.61. The van der Waals surface area contributed by atoms with E-state index >= 15 is 0 Å². The predicted octanol–water partition coefficient (Wildman–Crippen LogP) is 6.92. The summed E-state index contributed by atoms with van der Waals surface area (Å²) in [4.78, 5) is 0. The quantitative estimate of drug-likeness (QED) is 0.294. The van der Waals surface area contributed by atoms with Gasteiger partial charge in [-0.05, 0) is 46.5 Å². The summed E-state index contributed by atoms with van der Waals surface area (Å²) in [7, 11) is 2.51. The van der Waals surface area contributed by atoms with Crippen LogP contribution < -0.4 is 0 Å². The summed E-state index contributed by atoms with van der Waals surface area (Å²) in [6, 6.07) is 1.54. The molecule has 0 radical (unpaired) electrons. The van der Waals surface area contributed by atoms with E-state index in [1.54, 1.807) is 5.57 Å². The first-order valence-electron chi connectivity index (χ1n) is 11.0. The average molecular weight is 359 g/mol. The van der Waals surface area contributed by atoms with Gasteiger partial charge >= 0.3 is 0 Å². The molecular formula is C25H44N+. The molecule has 0 aromatic carbocycles. The maximum absolute atomic E-state index is 4.52. The molecule has 1 aliphatic heterocycles. The van der Waals surface area contributed by atoms with E-state index in [2.05, 4.69) is 67.8 Å². The topological polar surface area (TPSA) is 0 Å². The number of rotatable bonds is 10. The lowest BCUT2D eigenvalue weighted by molar-refractivity contribution is -0.965. The van der Waals surface area contributed by atoms with Gasteiger partial charge in [-0.15, -0.1) is 0 Å². The predicted molar refractivity (Wildman–Crippen MR) is 116 cm³/mol. The van der Waals surface area contributed by atoms with Gasteiger partial charge in [-0.3, -0.25) is 0 Å². The highest BCUT2D eigenvalue weighted by atomic mass is 15.5. The van der Waals surface area contributed by atoms with Crippen molar-refractivity contribution in [2.24, 2.45) is 17.3 Å². The summed E-state index contributed by atoms with van der Waals surface area (Å²) in [6.45, 7) is 24.1. The molecule has 0 amide bonds. The highest BCUT2D eigenvalue weighted by Gasteiger charge is 2.66. The molecule has 26 heavy (non-hydrogen) atoms. The van der Waals surface area contributed by atoms with Gasteiger partial charge in [0, 0.05) is 22.8 Å². The zero-order valence-corrected chi connectivity index (χ0v) is 18.7. The van der Waals surface area contributed by atoms with E-state index in [9.17, 15) is 0 Å². The van der Waals surface area contributed by atoms with E-state index in [-0.39, 0.29) is 5.41 Å². The second kappa shape index (κ2) is 8.05. The molecule has 2 aliphatic rings. The van der Waals surface area contributed by atoms with Gasteiger partial charge in [0.15, 0.2) is 0 Å². The number of likely N-dealkylation sites (tertiary alicyclic amines) is 1. The van der Waals surface area contributed by atoms with Crippen molar-refractivity contribution in [2.45, 2.75) is 92.2 Å². The van der Waals surface area contributed by atoms with Gasteiger partial charge in [0.25, 0.3) is 0 Å². The monoisotopic (exact) mass is 358 g/mol. The number of likely N-dealkylation sites (N-methyl/N-ethyl adjacent to an activating group) is 1. The van der Waals surface area contributed by atoms with Crippen LogP contribution in [0.15, 0.2) is 36.0 Å². The minimum absolute atomic E-state index is 0.108. The fraction of sp³-hybridized carbons (Fsp3) is 0.760. The third-order valence-electron chi connectivity index (χ3n) is 8.10. The largest absolute Gasteiger partial charge is 0.314 e. The van der Waals surface area contributed by atoms with Crippen LogP contribution in [0.3, 0.4) is 0 Å². The van der Waals surface area contributed by atoms with Crippen molar-refractivity contribution in [3.63, 3.8) is 0 Å². The first kappa shape index (κ1) is 21.5. The van der Waals surface area contributed by atoms with Gasteiger partial charge in [-0.1, -0.05) is 64.0 Å². The smallest absolute Gasteiger partial charge is 0.113 e. The highest BCUT2D eigenvalue weighted by Crippen LogP contribution is 2.59. The van der Waals surface area contributed by atoms with E-state index < -0.39 is 0 Å². The maximum atomic E-state index is 4.52. The van der Waals surface area contributed by atoms with Crippen LogP contribution in [0, 0.1) is 17.3 Å². The summed E-state index contributed by atoms with van der Waals surface area (Å²) in [5.41, 5.74) is 4.50. The normalized spacial score (nSPS) is 37.1. The average Bonchev–Trinajstić information content (AvgIpc) is 3.28. The SMILES string of the molecule is C=C(C)C(C)(CC1C(CCC)C1[N+]1(C)CC(=CC)C1C)C(=C)CCCC. The van der Waals surface area contributed by atoms with Crippen molar-refractivity contribution in [3.8, 4) is 0 Å². The van der Waals surface area contributed by atoms with E-state index in [1.807, 2.05) is 0 Å². The van der Waals surface area contributed by atoms with Gasteiger partial charge in [0.05, 0.1) is 13.1 Å². The van der Waals surface area contributed by atoms with Gasteiger partial charge in [0.2, 0.25) is 0 Å². The zero-order chi connectivity index (χ0) is 19.7. The molecule has 1 saturated carbocycles. The van der Waals surface area contributed by atoms with E-state index in [0.29, 0.717) is 6.04 Å². The molecule has 1 heteroatoms. The van der Waals surface area contributed by atoms with Crippen molar-refractivity contribution in [1.82, 2.24) is 0 Å². The van der Waals surface area contributed by atoms with Crippen molar-refractivity contribution < 1.29 is 4.48 Å². The van der Waals surface area contributed by atoms with Crippen LogP contribution in [0.2, 0.25) is 0 Å². The first-order chi connectivity index (χ1) is 12.2. The molecule has 148 valence electrons. The first-order valence-corrected chi connectivity index (χ1v) is 11.0. The molecule has 0 spiro atoms. The summed E-state index contributed by atoms with van der Waals surface area (Å²) >= 11 is 0. The highest BCUT2D eigenvalue weighted by molar-refractivity contribution is 5.26. The number of hydrogen-bond donors (Lipinski definition) is 0. The maximum Gasteiger partial charge on any atom is 0.113 e. The summed E-state index contributed by atoms with van der Waals surface area (Å²) < 4.78 is 1.27. The Balaban J connectivity index is 2.17. The van der Waals surface area contributed by atoms with Crippen LogP contribution in [0.25, 0.3) is 0 Å². The van der Waals surface area contributed by atoms with Crippen LogP contribution in [0.1, 0.15) is 80.1 Å². The van der Waals surface area contributed by atoms with E-state index in [4.69, 9.17) is 0 Å². The molecule has 0 aromatic rings. The number of nitrogens with zero attached hydrogens (tertiary/aromatic N) is 1. The van der Waals surface area contributed by atoms with E-state index in [1.165, 1.54) is 54.3 Å². The van der Waals surface area contributed by atoms with Crippen LogP contribution in [0.4, 0.5) is 0 Å². The standard InChI is InChI=1S/C25H44N/c1-10-13-15-19(6)25(8,18(4)5)16-23-22(14-11-2)24(23)26(9)17-21(12-3)20(26)7/h12,20,22-24H,4,6,10-11,13-17H2,1-3,5,7-9H3/q+1. The van der Waals surface area contributed by atoms with Crippen molar-refractivity contribution >= 4 is 0 Å². The Labute approximate surface area is 163 Å². The molecule has 1 nitrogen and oxygen atoms in total. The summed E-state index contributed by atoms with van der Waals surface area (Å²) in [5.74, 6) is 1.73. The number of unbranched alkanes of at least 4 members (excludes halogenated alkanes) is 1. The van der Waals surface area contributed by atoms with Crippen LogP contribution in [-0.4, -0.2) is 30.2 Å². The number of allylic oxidation sites excluding steroid dienone is 3. The molecule has 2 rings (SSSR count). The Morgan fingerprint density at radius 2 is 1.88 bits per heavy atom. The fourth-order valence-electron chi connectivity index (χ4n) is 5.67. The molecule has 0 bridgehead atoms. The van der Waals surface area contributed by atoms with Crippen LogP contribution in [-0.2, 0) is 0 Å². The van der Waals surface area contributed by atoms with Crippen LogP contribution >= 0.6 is 0 Å². The molecule has 0 N–H and O–H groups in total. The zero-order valence-electron chi connectivity index (χ0n) is 18.7. The van der Waals surface area contributed by atoms with Gasteiger partial charge in [0.1, 0.15) is 12.6 Å². The second-order valence-electron chi connectivity index (χ2n) is 9.68. The molecule has 6 unspecified atom stereocenters. The molecule has 1 saturated heterocycles. The van der Waals surface area contributed by atoms with Gasteiger partial charge in [-0.2, -0.15) is 0 Å². The van der Waals surface area contributed by atoms with Gasteiger partial charge in [-0.25, -0.2) is 0 Å². The minimum atomic E-state index is 0.108. The fourth-order valence-corrected chi connectivity index (χ4v) is 5.67. The molecular weight excluding hydrogens is 314 g/mol. The van der Waals surface area contributed by atoms with Crippen molar-refractivity contribution in [3.05, 3.63) is 36.0 Å². The third-order valence-corrected chi connectivity index (χ3v) is 8.10. The Kier molecular flexibility index (Phi) is 6.65. The lowest BCUT2D eigenvalue weighted by Gasteiger charge is -2.51. The lowest BCUT2D eigenvalue weighted by atomic mass is 9.71. The Hall–Kier alpha value is -0.820. The molecule has 0 aromatic heterocycles. The van der Waals surface area contributed by atoms with Gasteiger partial charge < -0.3 is 4.48 Å². The lowest BCUT2D eigenvalue weighted by Crippen LogP contribution is -2.65. The van der Waals surface area contributed by atoms with Crippen LogP contribution in [0.5, 0.6) is 0 Å². The summed E-state index contributed by atoms with van der Waals surface area (Å²) in [6.07, 6.45) is 9.95. The Bertz CT molecular complexity index is 571. The summed E-state index contributed by atoms with van der Waals surface area (Å²) in [5, 5.41) is 0. The number of hydrogen-bond acceptors (Lipinski definition) is 0. The number of quaternary nitrogens is 1. The van der Waals surface area contributed by atoms with E-state index in [0.717, 1.165) is 24.3 Å². The van der Waals surface area contributed by atoms with Crippen molar-refractivity contribution in [2.75, 3.05) is 13.6 Å². The molecule has 1 heterocycles. The molecule has 2 fully saturated rings. The second-order valence-corrected chi connectivity index (χ2v) is 9.68. The Morgan fingerprint density at radius 1 is 1.23 bits per heavy atom. The molecule has 6 atom stereocenters.